The fourth-order valence-electron chi connectivity index (χ4n) is 1.92. The van der Waals surface area contributed by atoms with Crippen molar-refractivity contribution in [2.24, 2.45) is 5.73 Å². The standard InChI is InChI=1S/C14H18N4O/c1-2-18-9-3-4-13(18)10-16-11-5-7-12(8-6-11)17-14(15)19/h3-9,16H,2,10H2,1H3,(H3,15,17,19). The molecule has 1 aromatic heterocycles. The van der Waals surface area contributed by atoms with Gasteiger partial charge in [-0.05, 0) is 43.3 Å². The van der Waals surface area contributed by atoms with Crippen molar-refractivity contribution < 1.29 is 4.79 Å². The summed E-state index contributed by atoms with van der Waals surface area (Å²) in [5, 5.41) is 5.86. The van der Waals surface area contributed by atoms with Crippen LogP contribution < -0.4 is 16.4 Å². The molecule has 0 atom stereocenters. The van der Waals surface area contributed by atoms with E-state index in [1.807, 2.05) is 30.3 Å². The van der Waals surface area contributed by atoms with E-state index in [4.69, 9.17) is 5.73 Å². The van der Waals surface area contributed by atoms with Crippen molar-refractivity contribution in [3.05, 3.63) is 48.3 Å². The molecule has 1 heterocycles. The summed E-state index contributed by atoms with van der Waals surface area (Å²) < 4.78 is 2.19. The van der Waals surface area contributed by atoms with E-state index in [1.165, 1.54) is 5.69 Å². The zero-order chi connectivity index (χ0) is 13.7. The fraction of sp³-hybridized carbons (Fsp3) is 0.214. The summed E-state index contributed by atoms with van der Waals surface area (Å²) in [6.45, 7) is 3.85. The number of rotatable bonds is 5. The van der Waals surface area contributed by atoms with E-state index in [0.29, 0.717) is 5.69 Å². The highest BCUT2D eigenvalue weighted by atomic mass is 16.2. The number of nitrogens with zero attached hydrogens (tertiary/aromatic N) is 1. The zero-order valence-corrected chi connectivity index (χ0v) is 10.9. The summed E-state index contributed by atoms with van der Waals surface area (Å²) in [5.41, 5.74) is 7.98. The third-order valence-electron chi connectivity index (χ3n) is 2.89. The summed E-state index contributed by atoms with van der Waals surface area (Å²) in [7, 11) is 0. The Morgan fingerprint density at radius 1 is 1.21 bits per heavy atom. The Bertz CT molecular complexity index is 545. The summed E-state index contributed by atoms with van der Waals surface area (Å²) >= 11 is 0. The molecule has 5 nitrogen and oxygen atoms in total. The number of amides is 2. The minimum Gasteiger partial charge on any atom is -0.379 e. The number of urea groups is 1. The van der Waals surface area contributed by atoms with Gasteiger partial charge < -0.3 is 20.9 Å². The van der Waals surface area contributed by atoms with Gasteiger partial charge in [0.2, 0.25) is 0 Å². The third kappa shape index (κ3) is 3.51. The number of nitrogens with one attached hydrogen (secondary N) is 2. The van der Waals surface area contributed by atoms with Gasteiger partial charge >= 0.3 is 6.03 Å². The monoisotopic (exact) mass is 258 g/mol. The van der Waals surface area contributed by atoms with E-state index in [1.54, 1.807) is 0 Å². The molecule has 100 valence electrons. The van der Waals surface area contributed by atoms with Crippen LogP contribution in [0.25, 0.3) is 0 Å². The Labute approximate surface area is 112 Å². The SMILES string of the molecule is CCn1cccc1CNc1ccc(NC(N)=O)cc1. The van der Waals surface area contributed by atoms with Crippen LogP contribution in [-0.2, 0) is 13.1 Å². The van der Waals surface area contributed by atoms with Crippen molar-refractivity contribution in [2.45, 2.75) is 20.0 Å². The fourth-order valence-corrected chi connectivity index (χ4v) is 1.92. The van der Waals surface area contributed by atoms with Gasteiger partial charge in [-0.25, -0.2) is 4.79 Å². The minimum atomic E-state index is -0.554. The van der Waals surface area contributed by atoms with Crippen LogP contribution in [0.1, 0.15) is 12.6 Å². The average molecular weight is 258 g/mol. The lowest BCUT2D eigenvalue weighted by Crippen LogP contribution is -2.19. The molecule has 0 fully saturated rings. The van der Waals surface area contributed by atoms with E-state index in [0.717, 1.165) is 18.8 Å². The number of benzene rings is 1. The molecule has 2 rings (SSSR count). The molecule has 0 aliphatic heterocycles. The second-order valence-corrected chi connectivity index (χ2v) is 4.21. The van der Waals surface area contributed by atoms with Crippen LogP contribution in [0.4, 0.5) is 16.2 Å². The van der Waals surface area contributed by atoms with Crippen LogP contribution in [0, 0.1) is 0 Å². The number of anilines is 2. The van der Waals surface area contributed by atoms with Crippen LogP contribution in [-0.4, -0.2) is 10.6 Å². The first-order chi connectivity index (χ1) is 9.19. The molecule has 0 aliphatic carbocycles. The highest BCUT2D eigenvalue weighted by molar-refractivity contribution is 5.87. The van der Waals surface area contributed by atoms with Crippen molar-refractivity contribution in [3.8, 4) is 0 Å². The van der Waals surface area contributed by atoms with E-state index in [2.05, 4.69) is 34.4 Å². The van der Waals surface area contributed by atoms with Gasteiger partial charge in [-0.3, -0.25) is 0 Å². The predicted octanol–water partition coefficient (Wildman–Crippen LogP) is 2.61. The predicted molar refractivity (Wildman–Crippen MR) is 77.1 cm³/mol. The molecule has 2 amide bonds. The molecule has 0 unspecified atom stereocenters. The normalized spacial score (nSPS) is 10.2. The summed E-state index contributed by atoms with van der Waals surface area (Å²) in [6, 6.07) is 11.0. The van der Waals surface area contributed by atoms with Gasteiger partial charge in [0.1, 0.15) is 0 Å². The largest absolute Gasteiger partial charge is 0.379 e. The minimum absolute atomic E-state index is 0.554. The molecule has 19 heavy (non-hydrogen) atoms. The molecular weight excluding hydrogens is 240 g/mol. The highest BCUT2D eigenvalue weighted by Crippen LogP contribution is 2.14. The van der Waals surface area contributed by atoms with Crippen molar-refractivity contribution in [3.63, 3.8) is 0 Å². The van der Waals surface area contributed by atoms with Crippen molar-refractivity contribution in [2.75, 3.05) is 10.6 Å². The summed E-state index contributed by atoms with van der Waals surface area (Å²) in [6.07, 6.45) is 2.07. The first-order valence-corrected chi connectivity index (χ1v) is 6.23. The lowest BCUT2D eigenvalue weighted by atomic mass is 10.2. The molecule has 4 N–H and O–H groups in total. The van der Waals surface area contributed by atoms with Gasteiger partial charge in [0.05, 0.1) is 6.54 Å². The smallest absolute Gasteiger partial charge is 0.316 e. The van der Waals surface area contributed by atoms with Gasteiger partial charge in [-0.2, -0.15) is 0 Å². The second-order valence-electron chi connectivity index (χ2n) is 4.21. The Morgan fingerprint density at radius 3 is 2.53 bits per heavy atom. The van der Waals surface area contributed by atoms with Gasteiger partial charge in [-0.1, -0.05) is 0 Å². The molecule has 0 saturated heterocycles. The molecule has 0 bridgehead atoms. The van der Waals surface area contributed by atoms with Gasteiger partial charge in [0.15, 0.2) is 0 Å². The van der Waals surface area contributed by atoms with E-state index in [9.17, 15) is 4.79 Å². The number of carbonyl (C=O) groups is 1. The Balaban J connectivity index is 1.94. The van der Waals surface area contributed by atoms with Crippen molar-refractivity contribution >= 4 is 17.4 Å². The van der Waals surface area contributed by atoms with Gasteiger partial charge in [0.25, 0.3) is 0 Å². The maximum absolute atomic E-state index is 10.7. The zero-order valence-electron chi connectivity index (χ0n) is 10.9. The van der Waals surface area contributed by atoms with E-state index in [-0.39, 0.29) is 0 Å². The average Bonchev–Trinajstić information content (AvgIpc) is 2.84. The van der Waals surface area contributed by atoms with Crippen LogP contribution in [0.2, 0.25) is 0 Å². The molecule has 2 aromatic rings. The number of primary amides is 1. The summed E-state index contributed by atoms with van der Waals surface area (Å²) in [4.78, 5) is 10.7. The Hall–Kier alpha value is -2.43. The second kappa shape index (κ2) is 5.95. The maximum Gasteiger partial charge on any atom is 0.316 e. The number of aryl methyl sites for hydroxylation is 1. The van der Waals surface area contributed by atoms with Crippen LogP contribution in [0.3, 0.4) is 0 Å². The van der Waals surface area contributed by atoms with E-state index >= 15 is 0 Å². The molecule has 5 heteroatoms. The number of nitrogens with two attached hydrogens (primary N) is 1. The molecule has 0 radical (unpaired) electrons. The molecule has 0 saturated carbocycles. The quantitative estimate of drug-likeness (QED) is 0.771. The van der Waals surface area contributed by atoms with Crippen LogP contribution in [0.5, 0.6) is 0 Å². The van der Waals surface area contributed by atoms with Gasteiger partial charge in [0, 0.05) is 29.8 Å². The Kier molecular flexibility index (Phi) is 4.07. The first-order valence-electron chi connectivity index (χ1n) is 6.23. The van der Waals surface area contributed by atoms with Gasteiger partial charge in [-0.15, -0.1) is 0 Å². The number of hydrogen-bond donors (Lipinski definition) is 3. The number of aromatic nitrogens is 1. The first kappa shape index (κ1) is 13.0. The van der Waals surface area contributed by atoms with Crippen LogP contribution in [0.15, 0.2) is 42.6 Å². The molecule has 0 spiro atoms. The van der Waals surface area contributed by atoms with E-state index < -0.39 is 6.03 Å². The molecule has 1 aromatic carbocycles. The summed E-state index contributed by atoms with van der Waals surface area (Å²) in [5.74, 6) is 0. The Morgan fingerprint density at radius 2 is 1.89 bits per heavy atom. The number of carbonyl (C=O) groups excluding carboxylic acids is 1. The highest BCUT2D eigenvalue weighted by Gasteiger charge is 2.00. The number of hydrogen-bond acceptors (Lipinski definition) is 2. The third-order valence-corrected chi connectivity index (χ3v) is 2.89. The lowest BCUT2D eigenvalue weighted by molar-refractivity contribution is 0.259. The molecular formula is C14H18N4O. The molecule has 0 aliphatic rings. The topological polar surface area (TPSA) is 72.1 Å². The van der Waals surface area contributed by atoms with Crippen molar-refractivity contribution in [1.29, 1.82) is 0 Å². The van der Waals surface area contributed by atoms with Crippen molar-refractivity contribution in [1.82, 2.24) is 4.57 Å². The maximum atomic E-state index is 10.7. The van der Waals surface area contributed by atoms with Crippen LogP contribution >= 0.6 is 0 Å². The lowest BCUT2D eigenvalue weighted by Gasteiger charge is -2.10.